The Kier molecular flexibility index (Phi) is 9.59. The average Bonchev–Trinajstić information content (AvgIpc) is 2.59. The average molecular weight is 322 g/mol. The molecule has 6 heteroatoms. The van der Waals surface area contributed by atoms with E-state index < -0.39 is 17.1 Å². The maximum absolute atomic E-state index is 11.6. The first-order valence-corrected chi connectivity index (χ1v) is 7.34. The van der Waals surface area contributed by atoms with Crippen LogP contribution in [0.3, 0.4) is 0 Å². The summed E-state index contributed by atoms with van der Waals surface area (Å²) < 4.78 is 9.74. The highest BCUT2D eigenvalue weighted by molar-refractivity contribution is 5.92. The first-order valence-electron chi connectivity index (χ1n) is 7.34. The lowest BCUT2D eigenvalue weighted by molar-refractivity contribution is 0.0439. The van der Waals surface area contributed by atoms with Gasteiger partial charge in [-0.15, -0.1) is 0 Å². The van der Waals surface area contributed by atoms with E-state index in [4.69, 9.17) is 14.3 Å². The van der Waals surface area contributed by atoms with Crippen LogP contribution < -0.4 is 5.43 Å². The van der Waals surface area contributed by atoms with Crippen molar-refractivity contribution >= 4 is 5.97 Å². The zero-order valence-electron chi connectivity index (χ0n) is 13.7. The normalized spacial score (nSPS) is 8.87. The largest absolute Gasteiger partial charge is 0.507 e. The van der Waals surface area contributed by atoms with Gasteiger partial charge in [0.2, 0.25) is 5.43 Å². The van der Waals surface area contributed by atoms with Gasteiger partial charge in [-0.05, 0) is 12.1 Å². The topological polar surface area (TPSA) is 97.0 Å². The van der Waals surface area contributed by atoms with Gasteiger partial charge in [-0.25, -0.2) is 4.79 Å². The molecule has 0 amide bonds. The highest BCUT2D eigenvalue weighted by atomic mass is 16.5. The minimum absolute atomic E-state index is 0.0172. The van der Waals surface area contributed by atoms with Crippen molar-refractivity contribution in [2.75, 3.05) is 0 Å². The number of phenols is 1. The summed E-state index contributed by atoms with van der Waals surface area (Å²) >= 11 is 0. The fourth-order valence-electron chi connectivity index (χ4n) is 1.38. The lowest BCUT2D eigenvalue weighted by Crippen LogP contribution is -2.07. The second-order valence-electron chi connectivity index (χ2n) is 3.69. The smallest absolute Gasteiger partial charge is 0.342 e. The first kappa shape index (κ1) is 20.2. The van der Waals surface area contributed by atoms with Crippen molar-refractivity contribution in [2.45, 2.75) is 34.3 Å². The van der Waals surface area contributed by atoms with Crippen LogP contribution in [0.15, 0.2) is 45.8 Å². The SMILES string of the molecule is CC.CC.O=C(OCc1cc(=O)c(O)co1)c1ccccc1O. The summed E-state index contributed by atoms with van der Waals surface area (Å²) in [5.74, 6) is -1.36. The fourth-order valence-corrected chi connectivity index (χ4v) is 1.38. The van der Waals surface area contributed by atoms with Crippen LogP contribution in [-0.2, 0) is 11.3 Å². The number of para-hydroxylation sites is 1. The van der Waals surface area contributed by atoms with E-state index in [1.165, 1.54) is 12.1 Å². The van der Waals surface area contributed by atoms with Crippen molar-refractivity contribution in [3.05, 3.63) is 58.1 Å². The van der Waals surface area contributed by atoms with Crippen molar-refractivity contribution in [1.82, 2.24) is 0 Å². The minimum atomic E-state index is -0.742. The molecule has 0 saturated heterocycles. The summed E-state index contributed by atoms with van der Waals surface area (Å²) in [6.07, 6.45) is 0.867. The Bertz CT molecular complexity index is 660. The molecular formula is C17H22O6. The molecule has 0 bridgehead atoms. The molecule has 0 aliphatic carbocycles. The predicted octanol–water partition coefficient (Wildman–Crippen LogP) is 3.46. The summed E-state index contributed by atoms with van der Waals surface area (Å²) in [7, 11) is 0. The summed E-state index contributed by atoms with van der Waals surface area (Å²) in [4.78, 5) is 22.8. The summed E-state index contributed by atoms with van der Waals surface area (Å²) in [5.41, 5.74) is -0.608. The summed E-state index contributed by atoms with van der Waals surface area (Å²) in [5, 5.41) is 18.4. The van der Waals surface area contributed by atoms with Gasteiger partial charge in [0.05, 0.1) is 0 Å². The van der Waals surface area contributed by atoms with Gasteiger partial charge >= 0.3 is 5.97 Å². The van der Waals surface area contributed by atoms with E-state index in [1.807, 2.05) is 27.7 Å². The van der Waals surface area contributed by atoms with Crippen molar-refractivity contribution in [1.29, 1.82) is 0 Å². The van der Waals surface area contributed by atoms with Crippen LogP contribution >= 0.6 is 0 Å². The number of phenolic OH excluding ortho intramolecular Hbond substituents is 1. The number of esters is 1. The number of benzene rings is 1. The summed E-state index contributed by atoms with van der Waals surface area (Å²) in [6, 6.07) is 6.94. The molecule has 2 N–H and O–H groups in total. The Balaban J connectivity index is 0.00000112. The quantitative estimate of drug-likeness (QED) is 0.840. The molecule has 1 heterocycles. The molecule has 0 spiro atoms. The van der Waals surface area contributed by atoms with Crippen molar-refractivity contribution in [3.63, 3.8) is 0 Å². The third kappa shape index (κ3) is 6.25. The van der Waals surface area contributed by atoms with Crippen molar-refractivity contribution in [3.8, 4) is 11.5 Å². The Morgan fingerprint density at radius 3 is 2.26 bits per heavy atom. The molecule has 23 heavy (non-hydrogen) atoms. The van der Waals surface area contributed by atoms with E-state index in [2.05, 4.69) is 0 Å². The number of aromatic hydroxyl groups is 2. The van der Waals surface area contributed by atoms with Crippen LogP contribution in [0.2, 0.25) is 0 Å². The lowest BCUT2D eigenvalue weighted by Gasteiger charge is -2.05. The van der Waals surface area contributed by atoms with E-state index >= 15 is 0 Å². The molecule has 0 aliphatic rings. The zero-order valence-corrected chi connectivity index (χ0v) is 13.7. The van der Waals surface area contributed by atoms with E-state index in [1.54, 1.807) is 12.1 Å². The molecule has 0 aliphatic heterocycles. The maximum atomic E-state index is 11.6. The lowest BCUT2D eigenvalue weighted by atomic mass is 10.2. The fraction of sp³-hybridized carbons (Fsp3) is 0.294. The van der Waals surface area contributed by atoms with Crippen LogP contribution in [0.5, 0.6) is 11.5 Å². The number of carbonyl (C=O) groups is 1. The van der Waals surface area contributed by atoms with Gasteiger partial charge in [-0.2, -0.15) is 0 Å². The van der Waals surface area contributed by atoms with E-state index in [0.29, 0.717) is 0 Å². The Morgan fingerprint density at radius 1 is 1.09 bits per heavy atom. The van der Waals surface area contributed by atoms with Crippen LogP contribution in [-0.4, -0.2) is 16.2 Å². The minimum Gasteiger partial charge on any atom is -0.507 e. The van der Waals surface area contributed by atoms with E-state index in [9.17, 15) is 14.7 Å². The van der Waals surface area contributed by atoms with Crippen LogP contribution in [0.1, 0.15) is 43.8 Å². The van der Waals surface area contributed by atoms with Crippen LogP contribution in [0, 0.1) is 0 Å². The molecule has 2 aromatic rings. The van der Waals surface area contributed by atoms with Crippen LogP contribution in [0.25, 0.3) is 0 Å². The number of rotatable bonds is 3. The van der Waals surface area contributed by atoms with Crippen molar-refractivity contribution in [2.24, 2.45) is 0 Å². The molecule has 1 aromatic heterocycles. The second kappa shape index (κ2) is 10.9. The molecule has 2 rings (SSSR count). The van der Waals surface area contributed by atoms with Gasteiger partial charge in [0, 0.05) is 6.07 Å². The number of hydrogen-bond acceptors (Lipinski definition) is 6. The number of carbonyl (C=O) groups excluding carboxylic acids is 1. The second-order valence-corrected chi connectivity index (χ2v) is 3.69. The monoisotopic (exact) mass is 322 g/mol. The molecular weight excluding hydrogens is 300 g/mol. The van der Waals surface area contributed by atoms with Gasteiger partial charge in [-0.3, -0.25) is 4.79 Å². The molecule has 126 valence electrons. The number of hydrogen-bond donors (Lipinski definition) is 2. The highest BCUT2D eigenvalue weighted by Gasteiger charge is 2.12. The molecule has 0 fully saturated rings. The first-order chi connectivity index (χ1) is 11.1. The molecule has 0 radical (unpaired) electrons. The summed E-state index contributed by atoms with van der Waals surface area (Å²) in [6.45, 7) is 7.72. The van der Waals surface area contributed by atoms with Gasteiger partial charge < -0.3 is 19.4 Å². The van der Waals surface area contributed by atoms with E-state index in [-0.39, 0.29) is 23.7 Å². The molecule has 0 saturated carbocycles. The predicted molar refractivity (Wildman–Crippen MR) is 86.6 cm³/mol. The Hall–Kier alpha value is -2.76. The van der Waals surface area contributed by atoms with Crippen molar-refractivity contribution < 1.29 is 24.2 Å². The molecule has 0 atom stereocenters. The highest BCUT2D eigenvalue weighted by Crippen LogP contribution is 2.17. The van der Waals surface area contributed by atoms with Gasteiger partial charge in [0.1, 0.15) is 29.9 Å². The Morgan fingerprint density at radius 2 is 1.70 bits per heavy atom. The Labute approximate surface area is 135 Å². The number of ether oxygens (including phenoxy) is 1. The van der Waals surface area contributed by atoms with E-state index in [0.717, 1.165) is 12.3 Å². The van der Waals surface area contributed by atoms with Gasteiger partial charge in [-0.1, -0.05) is 39.8 Å². The van der Waals surface area contributed by atoms with Crippen LogP contribution in [0.4, 0.5) is 0 Å². The molecule has 0 unspecified atom stereocenters. The van der Waals surface area contributed by atoms with Gasteiger partial charge in [0.25, 0.3) is 0 Å². The third-order valence-corrected chi connectivity index (χ3v) is 2.34. The van der Waals surface area contributed by atoms with Gasteiger partial charge in [0.15, 0.2) is 5.75 Å². The molecule has 1 aromatic carbocycles. The third-order valence-electron chi connectivity index (χ3n) is 2.34. The molecule has 6 nitrogen and oxygen atoms in total. The standard InChI is InChI=1S/C13H10O6.2C2H6/c14-10-4-2-1-3-9(10)13(17)19-6-8-5-11(15)12(16)7-18-8;2*1-2/h1-5,7,14,16H,6H2;2*1-2H3. The maximum Gasteiger partial charge on any atom is 0.342 e. The zero-order chi connectivity index (χ0) is 17.8.